The number of hydrogen-bond acceptors (Lipinski definition) is 6. The van der Waals surface area contributed by atoms with Crippen molar-refractivity contribution in [1.29, 1.82) is 0 Å². The SMILES string of the molecule is c1cc(CN2CCOCC2)cc(-c2noc([C@@H]3C[C@H]4CC[C@@H]3O4)n2)c1. The molecular weight excluding hydrogens is 318 g/mol. The number of aromatic nitrogens is 2. The molecule has 3 aliphatic heterocycles. The summed E-state index contributed by atoms with van der Waals surface area (Å²) in [5, 5.41) is 4.23. The highest BCUT2D eigenvalue weighted by atomic mass is 16.5. The molecule has 6 heteroatoms. The van der Waals surface area contributed by atoms with Crippen molar-refractivity contribution in [3.63, 3.8) is 0 Å². The molecule has 0 radical (unpaired) electrons. The summed E-state index contributed by atoms with van der Waals surface area (Å²) in [6.45, 7) is 4.54. The second-order valence-corrected chi connectivity index (χ2v) is 7.26. The number of rotatable bonds is 4. The number of fused-ring (bicyclic) bond motifs is 2. The second-order valence-electron chi connectivity index (χ2n) is 7.26. The summed E-state index contributed by atoms with van der Waals surface area (Å²) in [6, 6.07) is 8.45. The summed E-state index contributed by atoms with van der Waals surface area (Å²) >= 11 is 0. The zero-order chi connectivity index (χ0) is 16.6. The molecule has 3 saturated heterocycles. The summed E-state index contributed by atoms with van der Waals surface area (Å²) < 4.78 is 16.9. The summed E-state index contributed by atoms with van der Waals surface area (Å²) in [4.78, 5) is 7.09. The molecular formula is C19H23N3O3. The molecule has 0 aliphatic carbocycles. The predicted octanol–water partition coefficient (Wildman–Crippen LogP) is 2.60. The van der Waals surface area contributed by atoms with Gasteiger partial charge < -0.3 is 14.0 Å². The molecule has 132 valence electrons. The largest absolute Gasteiger partial charge is 0.379 e. The minimum Gasteiger partial charge on any atom is -0.379 e. The highest BCUT2D eigenvalue weighted by molar-refractivity contribution is 5.55. The molecule has 0 amide bonds. The van der Waals surface area contributed by atoms with Crippen molar-refractivity contribution >= 4 is 0 Å². The highest BCUT2D eigenvalue weighted by Gasteiger charge is 2.44. The monoisotopic (exact) mass is 341 g/mol. The first-order valence-corrected chi connectivity index (χ1v) is 9.23. The summed E-state index contributed by atoms with van der Waals surface area (Å²) in [5.74, 6) is 1.69. The maximum Gasteiger partial charge on any atom is 0.232 e. The van der Waals surface area contributed by atoms with Gasteiger partial charge in [0, 0.05) is 25.2 Å². The van der Waals surface area contributed by atoms with E-state index in [1.54, 1.807) is 0 Å². The fourth-order valence-electron chi connectivity index (χ4n) is 4.23. The average Bonchev–Trinajstić information content (AvgIpc) is 3.39. The van der Waals surface area contributed by atoms with Crippen LogP contribution in [0, 0.1) is 0 Å². The third-order valence-electron chi connectivity index (χ3n) is 5.56. The van der Waals surface area contributed by atoms with E-state index < -0.39 is 0 Å². The molecule has 3 fully saturated rings. The van der Waals surface area contributed by atoms with Crippen molar-refractivity contribution < 1.29 is 14.0 Å². The van der Waals surface area contributed by atoms with E-state index in [1.165, 1.54) is 12.0 Å². The smallest absolute Gasteiger partial charge is 0.232 e. The molecule has 25 heavy (non-hydrogen) atoms. The first-order valence-electron chi connectivity index (χ1n) is 9.23. The molecule has 0 unspecified atom stereocenters. The fourth-order valence-corrected chi connectivity index (χ4v) is 4.23. The molecule has 3 aliphatic rings. The van der Waals surface area contributed by atoms with Gasteiger partial charge in [0.25, 0.3) is 0 Å². The van der Waals surface area contributed by atoms with Crippen LogP contribution >= 0.6 is 0 Å². The maximum atomic E-state index is 5.91. The van der Waals surface area contributed by atoms with Gasteiger partial charge in [0.1, 0.15) is 0 Å². The minimum atomic E-state index is 0.269. The van der Waals surface area contributed by atoms with E-state index in [2.05, 4.69) is 39.3 Å². The van der Waals surface area contributed by atoms with Crippen LogP contribution in [0.3, 0.4) is 0 Å². The first-order chi connectivity index (χ1) is 12.3. The quantitative estimate of drug-likeness (QED) is 0.852. The van der Waals surface area contributed by atoms with Crippen LogP contribution in [0.15, 0.2) is 28.8 Å². The molecule has 5 rings (SSSR count). The number of morpholine rings is 1. The lowest BCUT2D eigenvalue weighted by molar-refractivity contribution is 0.0342. The topological polar surface area (TPSA) is 60.6 Å². The van der Waals surface area contributed by atoms with Crippen molar-refractivity contribution in [2.75, 3.05) is 26.3 Å². The standard InChI is InChI=1S/C19H23N3O3/c1-2-13(12-22-6-8-23-9-7-22)10-14(3-1)18-20-19(25-21-18)16-11-15-4-5-17(16)24-15/h1-3,10,15-17H,4-9,11-12H2/t15-,16-,17+/m1/s1. The molecule has 2 aromatic rings. The van der Waals surface area contributed by atoms with Gasteiger partial charge in [0.05, 0.1) is 31.3 Å². The van der Waals surface area contributed by atoms with Gasteiger partial charge in [-0.15, -0.1) is 0 Å². The van der Waals surface area contributed by atoms with Gasteiger partial charge in [-0.1, -0.05) is 23.4 Å². The Bertz CT molecular complexity index is 741. The van der Waals surface area contributed by atoms with Crippen molar-refractivity contribution in [2.45, 2.75) is 43.9 Å². The zero-order valence-corrected chi connectivity index (χ0v) is 14.3. The van der Waals surface area contributed by atoms with Gasteiger partial charge in [0.15, 0.2) is 0 Å². The summed E-state index contributed by atoms with van der Waals surface area (Å²) in [5.41, 5.74) is 2.29. The maximum absolute atomic E-state index is 5.91. The summed E-state index contributed by atoms with van der Waals surface area (Å²) in [6.07, 6.45) is 3.96. The molecule has 0 spiro atoms. The Morgan fingerprint density at radius 1 is 1.16 bits per heavy atom. The van der Waals surface area contributed by atoms with Crippen LogP contribution in [0.25, 0.3) is 11.4 Å². The van der Waals surface area contributed by atoms with Crippen LogP contribution in [0.4, 0.5) is 0 Å². The van der Waals surface area contributed by atoms with Crippen molar-refractivity contribution in [1.82, 2.24) is 15.0 Å². The lowest BCUT2D eigenvalue weighted by Gasteiger charge is -2.26. The Balaban J connectivity index is 1.32. The fraction of sp³-hybridized carbons (Fsp3) is 0.579. The molecule has 4 heterocycles. The van der Waals surface area contributed by atoms with Crippen LogP contribution in [0.2, 0.25) is 0 Å². The number of benzene rings is 1. The van der Waals surface area contributed by atoms with Gasteiger partial charge in [-0.2, -0.15) is 4.98 Å². The van der Waals surface area contributed by atoms with E-state index >= 15 is 0 Å². The van der Waals surface area contributed by atoms with Crippen molar-refractivity contribution in [3.05, 3.63) is 35.7 Å². The molecule has 0 N–H and O–H groups in total. The van der Waals surface area contributed by atoms with Crippen molar-refractivity contribution in [2.24, 2.45) is 0 Å². The van der Waals surface area contributed by atoms with E-state index in [1.807, 2.05) is 0 Å². The number of nitrogens with zero attached hydrogens (tertiary/aromatic N) is 3. The Morgan fingerprint density at radius 2 is 2.08 bits per heavy atom. The van der Waals surface area contributed by atoms with E-state index in [9.17, 15) is 0 Å². The third-order valence-corrected chi connectivity index (χ3v) is 5.56. The molecule has 2 bridgehead atoms. The van der Waals surface area contributed by atoms with Gasteiger partial charge in [-0.3, -0.25) is 4.90 Å². The molecule has 3 atom stereocenters. The van der Waals surface area contributed by atoms with Gasteiger partial charge in [0.2, 0.25) is 11.7 Å². The average molecular weight is 341 g/mol. The van der Waals surface area contributed by atoms with Gasteiger partial charge in [-0.25, -0.2) is 0 Å². The van der Waals surface area contributed by atoms with E-state index in [-0.39, 0.29) is 12.0 Å². The Kier molecular flexibility index (Phi) is 4.04. The third kappa shape index (κ3) is 3.10. The van der Waals surface area contributed by atoms with Crippen LogP contribution < -0.4 is 0 Å². The minimum absolute atomic E-state index is 0.269. The Labute approximate surface area is 147 Å². The lowest BCUT2D eigenvalue weighted by atomic mass is 9.89. The number of ether oxygens (including phenoxy) is 2. The van der Waals surface area contributed by atoms with Crippen LogP contribution in [0.5, 0.6) is 0 Å². The normalized spacial score (nSPS) is 29.4. The lowest BCUT2D eigenvalue weighted by Crippen LogP contribution is -2.35. The predicted molar refractivity (Wildman–Crippen MR) is 91.1 cm³/mol. The van der Waals surface area contributed by atoms with E-state index in [0.717, 1.165) is 57.1 Å². The van der Waals surface area contributed by atoms with Crippen LogP contribution in [0.1, 0.15) is 36.6 Å². The molecule has 6 nitrogen and oxygen atoms in total. The van der Waals surface area contributed by atoms with E-state index in [4.69, 9.17) is 14.0 Å². The first kappa shape index (κ1) is 15.5. The van der Waals surface area contributed by atoms with E-state index in [0.29, 0.717) is 11.9 Å². The Hall–Kier alpha value is -1.76. The Morgan fingerprint density at radius 3 is 2.88 bits per heavy atom. The van der Waals surface area contributed by atoms with Crippen LogP contribution in [-0.2, 0) is 16.0 Å². The number of hydrogen-bond donors (Lipinski definition) is 0. The molecule has 1 aromatic heterocycles. The van der Waals surface area contributed by atoms with Gasteiger partial charge >= 0.3 is 0 Å². The van der Waals surface area contributed by atoms with Crippen LogP contribution in [-0.4, -0.2) is 53.6 Å². The zero-order valence-electron chi connectivity index (χ0n) is 14.3. The second kappa shape index (κ2) is 6.52. The summed E-state index contributed by atoms with van der Waals surface area (Å²) in [7, 11) is 0. The molecule has 0 saturated carbocycles. The van der Waals surface area contributed by atoms with Crippen molar-refractivity contribution in [3.8, 4) is 11.4 Å². The highest BCUT2D eigenvalue weighted by Crippen LogP contribution is 2.44. The van der Waals surface area contributed by atoms with Gasteiger partial charge in [-0.05, 0) is 30.9 Å². The molecule has 1 aromatic carbocycles.